The number of rotatable bonds is 4. The van der Waals surface area contributed by atoms with Crippen molar-refractivity contribution in [3.05, 3.63) is 0 Å². The maximum absolute atomic E-state index is 12.7. The van der Waals surface area contributed by atoms with Gasteiger partial charge in [-0.05, 0) is 40.0 Å². The van der Waals surface area contributed by atoms with E-state index in [4.69, 9.17) is 0 Å². The van der Waals surface area contributed by atoms with Gasteiger partial charge < -0.3 is 10.2 Å². The third-order valence-electron chi connectivity index (χ3n) is 4.36. The van der Waals surface area contributed by atoms with E-state index in [1.165, 1.54) is 0 Å². The second-order valence-corrected chi connectivity index (χ2v) is 5.65. The molecule has 0 bridgehead atoms. The van der Waals surface area contributed by atoms with Crippen LogP contribution in [0, 0.1) is 0 Å². The van der Waals surface area contributed by atoms with Crippen LogP contribution in [-0.4, -0.2) is 33.8 Å². The molecule has 18 heavy (non-hydrogen) atoms. The van der Waals surface area contributed by atoms with Gasteiger partial charge in [0.05, 0.1) is 0 Å². The molecular weight excluding hydrogens is 228 g/mol. The minimum atomic E-state index is -0.755. The third kappa shape index (κ3) is 1.91. The van der Waals surface area contributed by atoms with Gasteiger partial charge in [0.15, 0.2) is 0 Å². The van der Waals surface area contributed by atoms with Crippen LogP contribution < -0.4 is 5.32 Å². The van der Waals surface area contributed by atoms with Gasteiger partial charge in [-0.2, -0.15) is 0 Å². The van der Waals surface area contributed by atoms with E-state index < -0.39 is 11.1 Å². The SMILES string of the molecule is CCC1(C)NC(=O)C(CC)(CC)N(C(C)C)C1=O. The fraction of sp³-hybridized carbons (Fsp3) is 0.857. The summed E-state index contributed by atoms with van der Waals surface area (Å²) in [6.45, 7) is 11.7. The number of nitrogens with one attached hydrogen (secondary N) is 1. The monoisotopic (exact) mass is 254 g/mol. The largest absolute Gasteiger partial charge is 0.340 e. The number of hydrogen-bond donors (Lipinski definition) is 1. The van der Waals surface area contributed by atoms with Crippen molar-refractivity contribution >= 4 is 11.8 Å². The van der Waals surface area contributed by atoms with Crippen LogP contribution in [0.15, 0.2) is 0 Å². The summed E-state index contributed by atoms with van der Waals surface area (Å²) >= 11 is 0. The van der Waals surface area contributed by atoms with Crippen molar-refractivity contribution in [2.75, 3.05) is 0 Å². The molecule has 1 rings (SSSR count). The summed E-state index contributed by atoms with van der Waals surface area (Å²) in [5, 5.41) is 2.94. The van der Waals surface area contributed by atoms with E-state index in [1.807, 2.05) is 41.5 Å². The minimum Gasteiger partial charge on any atom is -0.340 e. The summed E-state index contributed by atoms with van der Waals surface area (Å²) in [5.41, 5.74) is -1.44. The Morgan fingerprint density at radius 1 is 1.11 bits per heavy atom. The standard InChI is InChI=1S/C14H26N2O2/c1-7-13(6)12(18)16(10(4)5)14(8-2,9-3)11(17)15-13/h10H,7-9H2,1-6H3,(H,15,17). The van der Waals surface area contributed by atoms with Gasteiger partial charge in [-0.3, -0.25) is 9.59 Å². The number of piperazine rings is 1. The molecule has 1 heterocycles. The van der Waals surface area contributed by atoms with Crippen LogP contribution in [0.25, 0.3) is 0 Å². The number of hydrogen-bond acceptors (Lipinski definition) is 2. The van der Waals surface area contributed by atoms with Crippen molar-refractivity contribution in [2.24, 2.45) is 0 Å². The topological polar surface area (TPSA) is 49.4 Å². The zero-order chi connectivity index (χ0) is 14.1. The average Bonchev–Trinajstić information content (AvgIpc) is 2.33. The number of nitrogens with zero attached hydrogens (tertiary/aromatic N) is 1. The number of carbonyl (C=O) groups excluding carboxylic acids is 2. The van der Waals surface area contributed by atoms with Crippen LogP contribution in [0.4, 0.5) is 0 Å². The van der Waals surface area contributed by atoms with Gasteiger partial charge in [0, 0.05) is 6.04 Å². The molecule has 1 aliphatic rings. The van der Waals surface area contributed by atoms with E-state index in [1.54, 1.807) is 4.90 Å². The Labute approximate surface area is 110 Å². The van der Waals surface area contributed by atoms with E-state index >= 15 is 0 Å². The minimum absolute atomic E-state index is 0.00912. The zero-order valence-corrected chi connectivity index (χ0v) is 12.5. The molecule has 1 aliphatic heterocycles. The molecule has 4 nitrogen and oxygen atoms in total. The van der Waals surface area contributed by atoms with Crippen molar-refractivity contribution < 1.29 is 9.59 Å². The highest BCUT2D eigenvalue weighted by atomic mass is 16.2. The summed E-state index contributed by atoms with van der Waals surface area (Å²) in [6.07, 6.45) is 1.92. The van der Waals surface area contributed by atoms with Crippen LogP contribution in [0.1, 0.15) is 60.8 Å². The summed E-state index contributed by atoms with van der Waals surface area (Å²) in [5.74, 6) is 0.0356. The zero-order valence-electron chi connectivity index (χ0n) is 12.5. The molecule has 1 N–H and O–H groups in total. The van der Waals surface area contributed by atoms with Gasteiger partial charge in [0.1, 0.15) is 11.1 Å². The summed E-state index contributed by atoms with van der Waals surface area (Å²) in [7, 11) is 0. The second kappa shape index (κ2) is 4.90. The van der Waals surface area contributed by atoms with Gasteiger partial charge in [-0.15, -0.1) is 0 Å². The number of carbonyl (C=O) groups is 2. The fourth-order valence-corrected chi connectivity index (χ4v) is 2.87. The molecule has 1 saturated heterocycles. The highest BCUT2D eigenvalue weighted by Gasteiger charge is 2.55. The maximum Gasteiger partial charge on any atom is 0.249 e. The van der Waals surface area contributed by atoms with Gasteiger partial charge in [-0.25, -0.2) is 0 Å². The number of amides is 2. The Hall–Kier alpha value is -1.06. The molecule has 0 aromatic heterocycles. The van der Waals surface area contributed by atoms with E-state index in [0.717, 1.165) is 0 Å². The van der Waals surface area contributed by atoms with E-state index in [2.05, 4.69) is 5.32 Å². The first-order valence-electron chi connectivity index (χ1n) is 6.95. The molecule has 0 spiro atoms. The molecule has 0 radical (unpaired) electrons. The molecule has 4 heteroatoms. The summed E-state index contributed by atoms with van der Waals surface area (Å²) in [4.78, 5) is 27.0. The predicted molar refractivity (Wildman–Crippen MR) is 72.1 cm³/mol. The predicted octanol–water partition coefficient (Wildman–Crippen LogP) is 2.08. The molecule has 2 amide bonds. The maximum atomic E-state index is 12.7. The average molecular weight is 254 g/mol. The van der Waals surface area contributed by atoms with Crippen molar-refractivity contribution in [3.8, 4) is 0 Å². The summed E-state index contributed by atoms with van der Waals surface area (Å²) < 4.78 is 0. The lowest BCUT2D eigenvalue weighted by molar-refractivity contribution is -0.166. The van der Waals surface area contributed by atoms with Gasteiger partial charge in [0.2, 0.25) is 11.8 Å². The summed E-state index contributed by atoms with van der Waals surface area (Å²) in [6, 6.07) is 0.0364. The molecule has 0 aliphatic carbocycles. The Bertz CT molecular complexity index is 348. The first kappa shape index (κ1) is 15.0. The normalized spacial score (nSPS) is 27.6. The molecular formula is C14H26N2O2. The molecule has 1 fully saturated rings. The van der Waals surface area contributed by atoms with Crippen LogP contribution in [-0.2, 0) is 9.59 Å². The molecule has 1 unspecified atom stereocenters. The highest BCUT2D eigenvalue weighted by Crippen LogP contribution is 2.34. The van der Waals surface area contributed by atoms with Crippen molar-refractivity contribution in [3.63, 3.8) is 0 Å². The quantitative estimate of drug-likeness (QED) is 0.835. The first-order chi connectivity index (χ1) is 8.29. The van der Waals surface area contributed by atoms with E-state index in [9.17, 15) is 9.59 Å². The molecule has 104 valence electrons. The van der Waals surface area contributed by atoms with Crippen LogP contribution in [0.2, 0.25) is 0 Å². The Morgan fingerprint density at radius 2 is 1.61 bits per heavy atom. The fourth-order valence-electron chi connectivity index (χ4n) is 2.87. The van der Waals surface area contributed by atoms with Crippen LogP contribution in [0.5, 0.6) is 0 Å². The van der Waals surface area contributed by atoms with E-state index in [0.29, 0.717) is 19.3 Å². The lowest BCUT2D eigenvalue weighted by Crippen LogP contribution is -2.75. The first-order valence-corrected chi connectivity index (χ1v) is 6.95. The Kier molecular flexibility index (Phi) is 4.08. The molecule has 0 aromatic carbocycles. The van der Waals surface area contributed by atoms with Gasteiger partial charge >= 0.3 is 0 Å². The molecule has 0 saturated carbocycles. The van der Waals surface area contributed by atoms with Gasteiger partial charge in [-0.1, -0.05) is 20.8 Å². The van der Waals surface area contributed by atoms with Crippen molar-refractivity contribution in [1.82, 2.24) is 10.2 Å². The molecule has 0 aromatic rings. The Morgan fingerprint density at radius 3 is 1.94 bits per heavy atom. The lowest BCUT2D eigenvalue weighted by atomic mass is 9.80. The highest BCUT2D eigenvalue weighted by molar-refractivity contribution is 6.02. The second-order valence-electron chi connectivity index (χ2n) is 5.65. The van der Waals surface area contributed by atoms with Crippen molar-refractivity contribution in [1.29, 1.82) is 0 Å². The molecule has 1 atom stereocenters. The third-order valence-corrected chi connectivity index (χ3v) is 4.36. The Balaban J connectivity index is 3.32. The van der Waals surface area contributed by atoms with E-state index in [-0.39, 0.29) is 17.9 Å². The van der Waals surface area contributed by atoms with Crippen molar-refractivity contribution in [2.45, 2.75) is 77.9 Å². The van der Waals surface area contributed by atoms with Crippen LogP contribution in [0.3, 0.4) is 0 Å². The smallest absolute Gasteiger partial charge is 0.249 e. The lowest BCUT2D eigenvalue weighted by Gasteiger charge is -2.53. The van der Waals surface area contributed by atoms with Crippen LogP contribution >= 0.6 is 0 Å². The van der Waals surface area contributed by atoms with Gasteiger partial charge in [0.25, 0.3) is 0 Å².